The van der Waals surface area contributed by atoms with Crippen LogP contribution in [0.25, 0.3) is 0 Å². The second-order valence-corrected chi connectivity index (χ2v) is 8.58. The zero-order valence-electron chi connectivity index (χ0n) is 16.7. The Hall–Kier alpha value is -3.42. The molecule has 0 saturated carbocycles. The zero-order chi connectivity index (χ0) is 22.1. The summed E-state index contributed by atoms with van der Waals surface area (Å²) in [6.07, 6.45) is 0. The predicted molar refractivity (Wildman–Crippen MR) is 129 cm³/mol. The van der Waals surface area contributed by atoms with Crippen LogP contribution in [0.15, 0.2) is 88.8 Å². The maximum atomic E-state index is 13.3. The number of hydrogen-bond acceptors (Lipinski definition) is 5. The number of nitrogens with one attached hydrogen (secondary N) is 1. The molecule has 3 aromatic rings. The summed E-state index contributed by atoms with van der Waals surface area (Å²) in [7, 11) is 0. The van der Waals surface area contributed by atoms with E-state index in [2.05, 4.69) is 10.3 Å². The number of amides is 2. The van der Waals surface area contributed by atoms with Crippen molar-refractivity contribution in [2.45, 2.75) is 6.04 Å². The number of fused-ring (bicyclic) bond motifs is 3. The molecule has 0 spiro atoms. The van der Waals surface area contributed by atoms with Gasteiger partial charge in [0.15, 0.2) is 11.2 Å². The summed E-state index contributed by atoms with van der Waals surface area (Å²) < 4.78 is 0. The highest BCUT2D eigenvalue weighted by Crippen LogP contribution is 2.37. The van der Waals surface area contributed by atoms with E-state index in [4.69, 9.17) is 16.6 Å². The number of amidine groups is 2. The van der Waals surface area contributed by atoms with Gasteiger partial charge in [-0.2, -0.15) is 0 Å². The molecule has 5 rings (SSSR count). The molecule has 8 heteroatoms. The molecule has 0 radical (unpaired) electrons. The number of halogens is 1. The van der Waals surface area contributed by atoms with Gasteiger partial charge in [0.1, 0.15) is 5.84 Å². The molecule has 1 atom stereocenters. The average molecular weight is 461 g/mol. The van der Waals surface area contributed by atoms with Crippen LogP contribution in [-0.4, -0.2) is 33.5 Å². The van der Waals surface area contributed by atoms with E-state index in [-0.39, 0.29) is 17.6 Å². The van der Waals surface area contributed by atoms with E-state index in [0.717, 1.165) is 16.8 Å². The van der Waals surface area contributed by atoms with E-state index in [1.807, 2.05) is 54.6 Å². The van der Waals surface area contributed by atoms with Crippen LogP contribution in [0.5, 0.6) is 0 Å². The van der Waals surface area contributed by atoms with Crippen LogP contribution in [0.4, 0.5) is 11.4 Å². The van der Waals surface area contributed by atoms with E-state index in [1.54, 1.807) is 24.3 Å². The van der Waals surface area contributed by atoms with E-state index < -0.39 is 6.04 Å². The number of rotatable bonds is 4. The van der Waals surface area contributed by atoms with E-state index in [1.165, 1.54) is 16.7 Å². The highest BCUT2D eigenvalue weighted by atomic mass is 35.5. The van der Waals surface area contributed by atoms with Gasteiger partial charge in [0.25, 0.3) is 5.91 Å². The van der Waals surface area contributed by atoms with Crippen molar-refractivity contribution in [3.8, 4) is 0 Å². The Kier molecular flexibility index (Phi) is 5.51. The van der Waals surface area contributed by atoms with Crippen LogP contribution in [-0.2, 0) is 9.59 Å². The molecular weight excluding hydrogens is 444 g/mol. The Morgan fingerprint density at radius 3 is 2.62 bits per heavy atom. The molecule has 0 saturated heterocycles. The molecule has 6 nitrogen and oxygen atoms in total. The Morgan fingerprint density at radius 2 is 1.81 bits per heavy atom. The zero-order valence-corrected chi connectivity index (χ0v) is 18.3. The Morgan fingerprint density at radius 1 is 1.03 bits per heavy atom. The smallest absolute Gasteiger partial charge is 0.263 e. The molecule has 2 aliphatic heterocycles. The topological polar surface area (TPSA) is 74.1 Å². The minimum atomic E-state index is -0.636. The summed E-state index contributed by atoms with van der Waals surface area (Å²) in [5.41, 5.74) is 2.95. The van der Waals surface area contributed by atoms with Crippen LogP contribution in [0.3, 0.4) is 0 Å². The standard InChI is InChI=1S/C24H17ClN4O2S/c25-16-9-6-10-17(13-16)26-20(30)14-32-24-27-19-12-5-4-11-18(19)22-28-21(23(31)29(22)24)15-7-2-1-3-8-15/h1-13,21H,14H2,(H,26,30)/t21-/m1/s1. The van der Waals surface area contributed by atoms with Crippen LogP contribution in [0, 0.1) is 0 Å². The van der Waals surface area contributed by atoms with Crippen molar-refractivity contribution in [3.05, 3.63) is 95.0 Å². The van der Waals surface area contributed by atoms with Crippen molar-refractivity contribution in [1.82, 2.24) is 4.90 Å². The fraction of sp³-hybridized carbons (Fsp3) is 0.0833. The number of carbonyl (C=O) groups excluding carboxylic acids is 2. The first kappa shape index (κ1) is 20.5. The molecule has 1 N–H and O–H groups in total. The Balaban J connectivity index is 1.40. The summed E-state index contributed by atoms with van der Waals surface area (Å²) in [5.74, 6) is 0.249. The van der Waals surface area contributed by atoms with Crippen LogP contribution in [0.1, 0.15) is 17.2 Å². The number of para-hydroxylation sites is 1. The summed E-state index contributed by atoms with van der Waals surface area (Å²) in [6, 6.07) is 23.3. The first-order chi connectivity index (χ1) is 15.6. The number of aliphatic imine (C=N–C) groups is 2. The van der Waals surface area contributed by atoms with Gasteiger partial charge in [-0.25, -0.2) is 14.9 Å². The molecule has 2 amide bonds. The molecule has 0 aliphatic carbocycles. The average Bonchev–Trinajstić information content (AvgIpc) is 3.16. The van der Waals surface area contributed by atoms with Crippen molar-refractivity contribution in [1.29, 1.82) is 0 Å². The maximum absolute atomic E-state index is 13.3. The third-order valence-corrected chi connectivity index (χ3v) is 6.20. The van der Waals surface area contributed by atoms with Crippen LogP contribution in [0.2, 0.25) is 5.02 Å². The summed E-state index contributed by atoms with van der Waals surface area (Å²) in [6.45, 7) is 0. The van der Waals surface area contributed by atoms with Crippen molar-refractivity contribution < 1.29 is 9.59 Å². The highest BCUT2D eigenvalue weighted by Gasteiger charge is 2.42. The predicted octanol–water partition coefficient (Wildman–Crippen LogP) is 5.04. The van der Waals surface area contributed by atoms with Crippen molar-refractivity contribution in [2.24, 2.45) is 9.98 Å². The fourth-order valence-electron chi connectivity index (χ4n) is 3.59. The summed E-state index contributed by atoms with van der Waals surface area (Å²) >= 11 is 7.18. The van der Waals surface area contributed by atoms with Gasteiger partial charge in [0.2, 0.25) is 5.91 Å². The maximum Gasteiger partial charge on any atom is 0.263 e. The lowest BCUT2D eigenvalue weighted by Gasteiger charge is -2.25. The highest BCUT2D eigenvalue weighted by molar-refractivity contribution is 8.14. The minimum Gasteiger partial charge on any atom is -0.325 e. The number of carbonyl (C=O) groups is 2. The number of thioether (sulfide) groups is 1. The Bertz CT molecular complexity index is 1280. The lowest BCUT2D eigenvalue weighted by atomic mass is 10.1. The number of benzene rings is 3. The number of hydrogen-bond donors (Lipinski definition) is 1. The Labute approximate surface area is 194 Å². The number of nitrogens with zero attached hydrogens (tertiary/aromatic N) is 3. The monoisotopic (exact) mass is 460 g/mol. The molecule has 2 heterocycles. The minimum absolute atomic E-state index is 0.0839. The van der Waals surface area contributed by atoms with Gasteiger partial charge >= 0.3 is 0 Å². The molecule has 3 aromatic carbocycles. The molecule has 0 unspecified atom stereocenters. The third-order valence-electron chi connectivity index (χ3n) is 5.03. The van der Waals surface area contributed by atoms with Gasteiger partial charge in [-0.05, 0) is 35.9 Å². The fourth-order valence-corrected chi connectivity index (χ4v) is 4.58. The van der Waals surface area contributed by atoms with Crippen molar-refractivity contribution in [2.75, 3.05) is 11.1 Å². The molecule has 32 heavy (non-hydrogen) atoms. The lowest BCUT2D eigenvalue weighted by molar-refractivity contribution is -0.124. The second-order valence-electron chi connectivity index (χ2n) is 7.20. The lowest BCUT2D eigenvalue weighted by Crippen LogP contribution is -2.40. The first-order valence-corrected chi connectivity index (χ1v) is 11.3. The SMILES string of the molecule is O=C(CSC1=Nc2ccccc2C2=N[C@H](c3ccccc3)C(=O)N12)Nc1cccc(Cl)c1. The number of anilines is 1. The largest absolute Gasteiger partial charge is 0.325 e. The van der Waals surface area contributed by atoms with Crippen molar-refractivity contribution >= 4 is 57.6 Å². The van der Waals surface area contributed by atoms with E-state index in [0.29, 0.717) is 21.7 Å². The summed E-state index contributed by atoms with van der Waals surface area (Å²) in [4.78, 5) is 36.8. The van der Waals surface area contributed by atoms with Crippen LogP contribution >= 0.6 is 23.4 Å². The van der Waals surface area contributed by atoms with Gasteiger partial charge in [-0.1, -0.05) is 71.9 Å². The van der Waals surface area contributed by atoms with Gasteiger partial charge in [-0.3, -0.25) is 9.59 Å². The van der Waals surface area contributed by atoms with Gasteiger partial charge in [0, 0.05) is 16.3 Å². The molecule has 158 valence electrons. The molecule has 0 fully saturated rings. The molecule has 2 aliphatic rings. The van der Waals surface area contributed by atoms with Gasteiger partial charge in [-0.15, -0.1) is 0 Å². The molecular formula is C24H17ClN4O2S. The van der Waals surface area contributed by atoms with E-state index >= 15 is 0 Å². The van der Waals surface area contributed by atoms with Crippen LogP contribution < -0.4 is 5.32 Å². The van der Waals surface area contributed by atoms with E-state index in [9.17, 15) is 9.59 Å². The first-order valence-electron chi connectivity index (χ1n) is 9.93. The summed E-state index contributed by atoms with van der Waals surface area (Å²) in [5, 5.41) is 3.79. The van der Waals surface area contributed by atoms with Crippen molar-refractivity contribution in [3.63, 3.8) is 0 Å². The normalized spacial score (nSPS) is 16.7. The second kappa shape index (κ2) is 8.61. The third kappa shape index (κ3) is 3.92. The molecule has 0 aromatic heterocycles. The van der Waals surface area contributed by atoms with Gasteiger partial charge < -0.3 is 5.32 Å². The quantitative estimate of drug-likeness (QED) is 0.592. The molecule has 0 bridgehead atoms. The van der Waals surface area contributed by atoms with Gasteiger partial charge in [0.05, 0.1) is 11.4 Å².